The summed E-state index contributed by atoms with van der Waals surface area (Å²) in [6, 6.07) is 5.26. The van der Waals surface area contributed by atoms with Crippen molar-refractivity contribution in [2.45, 2.75) is 46.0 Å². The quantitative estimate of drug-likeness (QED) is 0.540. The molecule has 0 saturated carbocycles. The summed E-state index contributed by atoms with van der Waals surface area (Å²) in [5.41, 5.74) is 1.30. The molecule has 3 heteroatoms. The van der Waals surface area contributed by atoms with Crippen LogP contribution in [-0.4, -0.2) is 5.88 Å². The van der Waals surface area contributed by atoms with Crippen molar-refractivity contribution in [3.8, 4) is 0 Å². The molecule has 0 amide bonds. The van der Waals surface area contributed by atoms with E-state index >= 15 is 0 Å². The highest BCUT2D eigenvalue weighted by Gasteiger charge is 2.27. The van der Waals surface area contributed by atoms with Crippen LogP contribution >= 0.6 is 27.5 Å². The molecular formula is C15H21BrClF. The minimum Gasteiger partial charge on any atom is -0.206 e. The van der Waals surface area contributed by atoms with E-state index in [0.29, 0.717) is 10.4 Å². The molecule has 0 N–H and O–H groups in total. The Bertz CT molecular complexity index is 375. The van der Waals surface area contributed by atoms with E-state index < -0.39 is 0 Å². The largest absolute Gasteiger partial charge is 0.206 e. The maximum atomic E-state index is 13.2. The summed E-state index contributed by atoms with van der Waals surface area (Å²) in [4.78, 5) is 0. The summed E-state index contributed by atoms with van der Waals surface area (Å²) in [5.74, 6) is 0.457. The number of alkyl halides is 1. The van der Waals surface area contributed by atoms with Gasteiger partial charge in [0.2, 0.25) is 0 Å². The lowest BCUT2D eigenvalue weighted by atomic mass is 9.77. The standard InChI is InChI=1S/C15H21BrClF/c1-3-5-8-15(4-2,11-17)10-12-6-7-14(18)13(16)9-12/h6-7,9H,3-5,8,10-11H2,1-2H3. The van der Waals surface area contributed by atoms with Gasteiger partial charge in [-0.1, -0.05) is 32.8 Å². The van der Waals surface area contributed by atoms with E-state index in [9.17, 15) is 4.39 Å². The topological polar surface area (TPSA) is 0 Å². The summed E-state index contributed by atoms with van der Waals surface area (Å²) < 4.78 is 13.8. The second-order valence-electron chi connectivity index (χ2n) is 5.02. The summed E-state index contributed by atoms with van der Waals surface area (Å²) >= 11 is 9.44. The van der Waals surface area contributed by atoms with E-state index in [0.717, 1.165) is 24.8 Å². The molecule has 1 atom stereocenters. The molecule has 1 aromatic rings. The summed E-state index contributed by atoms with van der Waals surface area (Å²) in [6.07, 6.45) is 5.50. The van der Waals surface area contributed by atoms with Crippen LogP contribution in [0, 0.1) is 11.2 Å². The van der Waals surface area contributed by atoms with Gasteiger partial charge in [-0.3, -0.25) is 0 Å². The van der Waals surface area contributed by atoms with Crippen molar-refractivity contribution in [1.82, 2.24) is 0 Å². The van der Waals surface area contributed by atoms with E-state index in [1.165, 1.54) is 18.9 Å². The van der Waals surface area contributed by atoms with Gasteiger partial charge in [0.05, 0.1) is 4.47 Å². The first-order valence-electron chi connectivity index (χ1n) is 6.57. The molecule has 1 rings (SSSR count). The Morgan fingerprint density at radius 1 is 1.33 bits per heavy atom. The van der Waals surface area contributed by atoms with Crippen molar-refractivity contribution in [1.29, 1.82) is 0 Å². The molecule has 0 aliphatic rings. The molecular weight excluding hydrogens is 315 g/mol. The fourth-order valence-electron chi connectivity index (χ4n) is 2.23. The first-order chi connectivity index (χ1) is 8.56. The Kier molecular flexibility index (Phi) is 6.65. The zero-order valence-corrected chi connectivity index (χ0v) is 13.5. The highest BCUT2D eigenvalue weighted by molar-refractivity contribution is 9.10. The number of halogens is 3. The molecule has 0 aromatic heterocycles. The first kappa shape index (κ1) is 16.0. The van der Waals surface area contributed by atoms with E-state index in [1.54, 1.807) is 0 Å². The fourth-order valence-corrected chi connectivity index (χ4v) is 3.08. The number of hydrogen-bond donors (Lipinski definition) is 0. The maximum Gasteiger partial charge on any atom is 0.137 e. The molecule has 1 aromatic carbocycles. The van der Waals surface area contributed by atoms with E-state index in [4.69, 9.17) is 11.6 Å². The van der Waals surface area contributed by atoms with Crippen LogP contribution in [0.5, 0.6) is 0 Å². The van der Waals surface area contributed by atoms with Crippen LogP contribution in [0.15, 0.2) is 22.7 Å². The van der Waals surface area contributed by atoms with Crippen LogP contribution in [0.2, 0.25) is 0 Å². The Morgan fingerprint density at radius 3 is 2.56 bits per heavy atom. The van der Waals surface area contributed by atoms with E-state index in [2.05, 4.69) is 29.8 Å². The predicted octanol–water partition coefficient (Wildman–Crippen LogP) is 5.96. The van der Waals surface area contributed by atoms with Crippen molar-refractivity contribution in [2.24, 2.45) is 5.41 Å². The van der Waals surface area contributed by atoms with E-state index in [-0.39, 0.29) is 11.2 Å². The maximum absolute atomic E-state index is 13.2. The molecule has 1 unspecified atom stereocenters. The van der Waals surface area contributed by atoms with Gasteiger partial charge in [0.25, 0.3) is 0 Å². The van der Waals surface area contributed by atoms with Crippen molar-refractivity contribution in [2.75, 3.05) is 5.88 Å². The van der Waals surface area contributed by atoms with Gasteiger partial charge in [-0.2, -0.15) is 0 Å². The van der Waals surface area contributed by atoms with Gasteiger partial charge in [0.15, 0.2) is 0 Å². The summed E-state index contributed by atoms with van der Waals surface area (Å²) in [6.45, 7) is 4.39. The molecule has 0 saturated heterocycles. The smallest absolute Gasteiger partial charge is 0.137 e. The third kappa shape index (κ3) is 4.24. The monoisotopic (exact) mass is 334 g/mol. The minimum atomic E-state index is -0.208. The Hall–Kier alpha value is -0.0800. The molecule has 0 fully saturated rings. The highest BCUT2D eigenvalue weighted by atomic mass is 79.9. The zero-order valence-electron chi connectivity index (χ0n) is 11.1. The number of hydrogen-bond acceptors (Lipinski definition) is 0. The SMILES string of the molecule is CCCCC(CC)(CCl)Cc1ccc(F)c(Br)c1. The van der Waals surface area contributed by atoms with Crippen molar-refractivity contribution < 1.29 is 4.39 Å². The Labute approximate surface area is 123 Å². The molecule has 0 heterocycles. The highest BCUT2D eigenvalue weighted by Crippen LogP contribution is 2.35. The average Bonchev–Trinajstić information content (AvgIpc) is 2.39. The van der Waals surface area contributed by atoms with Gasteiger partial charge >= 0.3 is 0 Å². The number of unbranched alkanes of at least 4 members (excludes halogenated alkanes) is 1. The normalized spacial score (nSPS) is 14.5. The van der Waals surface area contributed by atoms with Gasteiger partial charge in [0, 0.05) is 5.88 Å². The van der Waals surface area contributed by atoms with Gasteiger partial charge in [0.1, 0.15) is 5.82 Å². The molecule has 0 radical (unpaired) electrons. The van der Waals surface area contributed by atoms with Crippen LogP contribution in [-0.2, 0) is 6.42 Å². The lowest BCUT2D eigenvalue weighted by Gasteiger charge is -2.31. The molecule has 0 aliphatic heterocycles. The lowest BCUT2D eigenvalue weighted by molar-refractivity contribution is 0.279. The Balaban J connectivity index is 2.84. The predicted molar refractivity (Wildman–Crippen MR) is 80.8 cm³/mol. The van der Waals surface area contributed by atoms with Crippen molar-refractivity contribution >= 4 is 27.5 Å². The molecule has 18 heavy (non-hydrogen) atoms. The van der Waals surface area contributed by atoms with Gasteiger partial charge in [-0.05, 0) is 58.3 Å². The van der Waals surface area contributed by atoms with Crippen LogP contribution in [0.25, 0.3) is 0 Å². The lowest BCUT2D eigenvalue weighted by Crippen LogP contribution is -2.25. The third-order valence-electron chi connectivity index (χ3n) is 3.66. The van der Waals surface area contributed by atoms with Crippen molar-refractivity contribution in [3.05, 3.63) is 34.1 Å². The van der Waals surface area contributed by atoms with Gasteiger partial charge in [-0.25, -0.2) is 4.39 Å². The minimum absolute atomic E-state index is 0.148. The second kappa shape index (κ2) is 7.49. The van der Waals surface area contributed by atoms with Crippen LogP contribution in [0.1, 0.15) is 45.1 Å². The molecule has 0 spiro atoms. The summed E-state index contributed by atoms with van der Waals surface area (Å²) in [7, 11) is 0. The Morgan fingerprint density at radius 2 is 2.06 bits per heavy atom. The molecule has 102 valence electrons. The first-order valence-corrected chi connectivity index (χ1v) is 7.89. The second-order valence-corrected chi connectivity index (χ2v) is 6.14. The fraction of sp³-hybridized carbons (Fsp3) is 0.600. The average molecular weight is 336 g/mol. The molecule has 0 nitrogen and oxygen atoms in total. The van der Waals surface area contributed by atoms with Gasteiger partial charge in [-0.15, -0.1) is 11.6 Å². The zero-order chi connectivity index (χ0) is 13.6. The van der Waals surface area contributed by atoms with Crippen LogP contribution in [0.3, 0.4) is 0 Å². The molecule has 0 aliphatic carbocycles. The third-order valence-corrected chi connectivity index (χ3v) is 4.83. The van der Waals surface area contributed by atoms with E-state index in [1.807, 2.05) is 12.1 Å². The van der Waals surface area contributed by atoms with Crippen molar-refractivity contribution in [3.63, 3.8) is 0 Å². The van der Waals surface area contributed by atoms with Crippen LogP contribution < -0.4 is 0 Å². The van der Waals surface area contributed by atoms with Gasteiger partial charge < -0.3 is 0 Å². The van der Waals surface area contributed by atoms with Crippen LogP contribution in [0.4, 0.5) is 4.39 Å². The number of benzene rings is 1. The summed E-state index contributed by atoms with van der Waals surface area (Å²) in [5, 5.41) is 0. The molecule has 0 bridgehead atoms. The number of rotatable bonds is 7.